The van der Waals surface area contributed by atoms with Crippen LogP contribution in [0.4, 0.5) is 0 Å². The first-order chi connectivity index (χ1) is 9.32. The van der Waals surface area contributed by atoms with Crippen LogP contribution in [0.2, 0.25) is 0 Å². The van der Waals surface area contributed by atoms with E-state index in [9.17, 15) is 13.2 Å². The maximum atomic E-state index is 12.3. The summed E-state index contributed by atoms with van der Waals surface area (Å²) in [6.07, 6.45) is 1.10. The Labute approximate surface area is 117 Å². The summed E-state index contributed by atoms with van der Waals surface area (Å²) in [5.74, 6) is -1.87. The normalized spacial score (nSPS) is 12.9. The third kappa shape index (κ3) is 3.53. The molecule has 1 atom stereocenters. The minimum absolute atomic E-state index is 0.0593. The molecular weight excluding hydrogens is 282 g/mol. The van der Waals surface area contributed by atoms with Crippen molar-refractivity contribution in [3.63, 3.8) is 0 Å². The monoisotopic (exact) mass is 297 g/mol. The van der Waals surface area contributed by atoms with Crippen LogP contribution >= 0.6 is 0 Å². The number of hydrogen-bond acceptors (Lipinski definition) is 5. The first-order valence-electron chi connectivity index (χ1n) is 5.92. The quantitative estimate of drug-likeness (QED) is 0.826. The van der Waals surface area contributed by atoms with Crippen LogP contribution in [0.15, 0.2) is 23.2 Å². The van der Waals surface area contributed by atoms with Crippen molar-refractivity contribution in [2.75, 3.05) is 13.1 Å². The van der Waals surface area contributed by atoms with E-state index in [0.717, 1.165) is 10.5 Å². The largest absolute Gasteiger partial charge is 0.481 e. The van der Waals surface area contributed by atoms with Gasteiger partial charge in [0.15, 0.2) is 0 Å². The number of aromatic nitrogens is 1. The fourth-order valence-electron chi connectivity index (χ4n) is 1.53. The number of aliphatic carboxylic acids is 1. The Hall–Kier alpha value is -1.98. The van der Waals surface area contributed by atoms with Crippen LogP contribution in [0.5, 0.6) is 0 Å². The van der Waals surface area contributed by atoms with Gasteiger partial charge in [-0.25, -0.2) is 13.4 Å². The zero-order valence-corrected chi connectivity index (χ0v) is 12.0. The van der Waals surface area contributed by atoms with Gasteiger partial charge < -0.3 is 5.11 Å². The van der Waals surface area contributed by atoms with Gasteiger partial charge in [-0.3, -0.25) is 4.79 Å². The summed E-state index contributed by atoms with van der Waals surface area (Å²) in [4.78, 5) is 14.5. The van der Waals surface area contributed by atoms with Crippen molar-refractivity contribution < 1.29 is 18.3 Å². The third-order valence-electron chi connectivity index (χ3n) is 2.74. The van der Waals surface area contributed by atoms with Crippen molar-refractivity contribution in [3.8, 4) is 6.07 Å². The van der Waals surface area contributed by atoms with Crippen molar-refractivity contribution in [2.24, 2.45) is 5.92 Å². The lowest BCUT2D eigenvalue weighted by Crippen LogP contribution is -2.36. The van der Waals surface area contributed by atoms with Gasteiger partial charge in [-0.2, -0.15) is 9.57 Å². The van der Waals surface area contributed by atoms with Crippen LogP contribution in [-0.2, 0) is 14.8 Å². The Morgan fingerprint density at radius 2 is 2.20 bits per heavy atom. The second-order valence-corrected chi connectivity index (χ2v) is 6.12. The van der Waals surface area contributed by atoms with Gasteiger partial charge in [0.05, 0.1) is 5.92 Å². The number of hydrogen-bond donors (Lipinski definition) is 1. The van der Waals surface area contributed by atoms with Crippen LogP contribution in [0.25, 0.3) is 0 Å². The third-order valence-corrected chi connectivity index (χ3v) is 4.66. The predicted molar refractivity (Wildman–Crippen MR) is 70.2 cm³/mol. The summed E-state index contributed by atoms with van der Waals surface area (Å²) in [6.45, 7) is 3.11. The molecule has 1 N–H and O–H groups in total. The van der Waals surface area contributed by atoms with E-state index >= 15 is 0 Å². The van der Waals surface area contributed by atoms with Crippen molar-refractivity contribution in [3.05, 3.63) is 24.0 Å². The lowest BCUT2D eigenvalue weighted by molar-refractivity contribution is -0.141. The highest BCUT2D eigenvalue weighted by atomic mass is 32.2. The van der Waals surface area contributed by atoms with Gasteiger partial charge in [0.1, 0.15) is 16.7 Å². The number of nitriles is 1. The molecule has 8 heteroatoms. The average Bonchev–Trinajstić information content (AvgIpc) is 2.44. The first kappa shape index (κ1) is 16.1. The Bertz CT molecular complexity index is 619. The highest BCUT2D eigenvalue weighted by molar-refractivity contribution is 7.89. The Morgan fingerprint density at radius 3 is 2.60 bits per heavy atom. The molecule has 0 aliphatic rings. The molecule has 0 radical (unpaired) electrons. The molecule has 1 unspecified atom stereocenters. The van der Waals surface area contributed by atoms with E-state index in [-0.39, 0.29) is 23.7 Å². The van der Waals surface area contributed by atoms with E-state index in [2.05, 4.69) is 4.98 Å². The number of nitrogens with zero attached hydrogens (tertiary/aromatic N) is 3. The average molecular weight is 297 g/mol. The van der Waals surface area contributed by atoms with E-state index in [1.54, 1.807) is 13.0 Å². The van der Waals surface area contributed by atoms with E-state index in [1.165, 1.54) is 19.1 Å². The Morgan fingerprint density at radius 1 is 1.55 bits per heavy atom. The smallest absolute Gasteiger partial charge is 0.307 e. The summed E-state index contributed by atoms with van der Waals surface area (Å²) < 4.78 is 25.7. The molecule has 20 heavy (non-hydrogen) atoms. The topological polar surface area (TPSA) is 111 Å². The molecule has 0 aliphatic heterocycles. The predicted octanol–water partition coefficient (Wildman–Crippen LogP) is 0.685. The van der Waals surface area contributed by atoms with Crippen molar-refractivity contribution in [1.82, 2.24) is 9.29 Å². The molecule has 0 saturated heterocycles. The standard InChI is InChI=1S/C12H15N3O4S/c1-3-15(8-9(2)12(16)17)20(18,19)11-5-4-10(6-13)14-7-11/h4-5,7,9H,3,8H2,1-2H3,(H,16,17). The molecule has 1 aromatic rings. The fraction of sp³-hybridized carbons (Fsp3) is 0.417. The fourth-order valence-corrected chi connectivity index (χ4v) is 3.01. The molecule has 1 heterocycles. The van der Waals surface area contributed by atoms with E-state index in [4.69, 9.17) is 10.4 Å². The number of rotatable bonds is 6. The van der Waals surface area contributed by atoms with E-state index < -0.39 is 21.9 Å². The molecule has 0 fully saturated rings. The Kier molecular flexibility index (Phi) is 5.19. The number of sulfonamides is 1. The SMILES string of the molecule is CCN(CC(C)C(=O)O)S(=O)(=O)c1ccc(C#N)nc1. The lowest BCUT2D eigenvalue weighted by Gasteiger charge is -2.22. The van der Waals surface area contributed by atoms with Gasteiger partial charge in [-0.1, -0.05) is 13.8 Å². The van der Waals surface area contributed by atoms with Crippen LogP contribution in [0, 0.1) is 17.2 Å². The van der Waals surface area contributed by atoms with Gasteiger partial charge in [0.25, 0.3) is 0 Å². The summed E-state index contributed by atoms with van der Waals surface area (Å²) in [5.41, 5.74) is 0.117. The van der Waals surface area contributed by atoms with E-state index in [1.807, 2.05) is 0 Å². The molecule has 0 spiro atoms. The second kappa shape index (κ2) is 6.45. The van der Waals surface area contributed by atoms with Crippen LogP contribution in [0.3, 0.4) is 0 Å². The van der Waals surface area contributed by atoms with Crippen LogP contribution in [-0.4, -0.2) is 41.9 Å². The maximum Gasteiger partial charge on any atom is 0.307 e. The molecule has 108 valence electrons. The molecule has 7 nitrogen and oxygen atoms in total. The summed E-state index contributed by atoms with van der Waals surface area (Å²) in [6, 6.07) is 4.39. The first-order valence-corrected chi connectivity index (χ1v) is 7.36. The van der Waals surface area contributed by atoms with Gasteiger partial charge in [-0.15, -0.1) is 0 Å². The van der Waals surface area contributed by atoms with Crippen molar-refractivity contribution >= 4 is 16.0 Å². The lowest BCUT2D eigenvalue weighted by atomic mass is 10.2. The number of carboxylic acid groups (broad SMARTS) is 1. The second-order valence-electron chi connectivity index (χ2n) is 4.19. The minimum atomic E-state index is -3.81. The minimum Gasteiger partial charge on any atom is -0.481 e. The van der Waals surface area contributed by atoms with Crippen LogP contribution < -0.4 is 0 Å². The van der Waals surface area contributed by atoms with Gasteiger partial charge >= 0.3 is 5.97 Å². The molecule has 0 saturated carbocycles. The van der Waals surface area contributed by atoms with Crippen molar-refractivity contribution in [1.29, 1.82) is 5.26 Å². The summed E-state index contributed by atoms with van der Waals surface area (Å²) >= 11 is 0. The van der Waals surface area contributed by atoms with E-state index in [0.29, 0.717) is 0 Å². The molecule has 0 amide bonds. The highest BCUT2D eigenvalue weighted by Crippen LogP contribution is 2.16. The van der Waals surface area contributed by atoms with Crippen LogP contribution in [0.1, 0.15) is 19.5 Å². The van der Waals surface area contributed by atoms with Gasteiger partial charge in [0, 0.05) is 19.3 Å². The number of carboxylic acids is 1. The number of carbonyl (C=O) groups is 1. The molecule has 1 rings (SSSR count). The Balaban J connectivity index is 3.05. The highest BCUT2D eigenvalue weighted by Gasteiger charge is 2.27. The molecule has 0 aliphatic carbocycles. The molecule has 1 aromatic heterocycles. The summed E-state index contributed by atoms with van der Waals surface area (Å²) in [7, 11) is -3.81. The summed E-state index contributed by atoms with van der Waals surface area (Å²) in [5, 5.41) is 17.5. The maximum absolute atomic E-state index is 12.3. The zero-order chi connectivity index (χ0) is 15.3. The van der Waals surface area contributed by atoms with Gasteiger partial charge in [-0.05, 0) is 12.1 Å². The molecule has 0 bridgehead atoms. The van der Waals surface area contributed by atoms with Crippen molar-refractivity contribution in [2.45, 2.75) is 18.7 Å². The van der Waals surface area contributed by atoms with Gasteiger partial charge in [0.2, 0.25) is 10.0 Å². The zero-order valence-electron chi connectivity index (χ0n) is 11.1. The molecule has 0 aromatic carbocycles. The number of pyridine rings is 1. The molecular formula is C12H15N3O4S.